The maximum atomic E-state index is 12.4. The number of aliphatic hydroxyl groups is 1. The fourth-order valence-electron chi connectivity index (χ4n) is 2.81. The Morgan fingerprint density at radius 1 is 1.30 bits per heavy atom. The van der Waals surface area contributed by atoms with Crippen LogP contribution in [0.5, 0.6) is 0 Å². The highest BCUT2D eigenvalue weighted by Crippen LogP contribution is 2.23. The van der Waals surface area contributed by atoms with Crippen LogP contribution < -0.4 is 0 Å². The first kappa shape index (κ1) is 12.9. The van der Waals surface area contributed by atoms with E-state index in [0.717, 1.165) is 5.56 Å². The Labute approximate surface area is 118 Å². The van der Waals surface area contributed by atoms with Gasteiger partial charge < -0.3 is 15.0 Å². The molecule has 0 unspecified atom stereocenters. The molecule has 20 heavy (non-hydrogen) atoms. The van der Waals surface area contributed by atoms with Gasteiger partial charge in [-0.15, -0.1) is 0 Å². The summed E-state index contributed by atoms with van der Waals surface area (Å²) in [5.41, 5.74) is 1.79. The zero-order chi connectivity index (χ0) is 13.9. The molecule has 1 saturated heterocycles. The standard InChI is InChI=1S/C16H18N2O2/c19-15-7-9-18(16(20)13-6-8-17-11-13)14(15)10-12-4-2-1-3-5-12/h1-6,8,11,14-15,17,19H,7,9-10H2/t14-,15-/m0/s1. The van der Waals surface area contributed by atoms with Gasteiger partial charge in [0.15, 0.2) is 0 Å². The van der Waals surface area contributed by atoms with Crippen molar-refractivity contribution in [2.45, 2.75) is 25.0 Å². The lowest BCUT2D eigenvalue weighted by Gasteiger charge is -2.26. The quantitative estimate of drug-likeness (QED) is 0.894. The van der Waals surface area contributed by atoms with Gasteiger partial charge in [-0.1, -0.05) is 30.3 Å². The molecule has 2 aromatic rings. The van der Waals surface area contributed by atoms with Crippen molar-refractivity contribution < 1.29 is 9.90 Å². The zero-order valence-electron chi connectivity index (χ0n) is 11.2. The number of amides is 1. The van der Waals surface area contributed by atoms with E-state index < -0.39 is 6.10 Å². The Hall–Kier alpha value is -2.07. The summed E-state index contributed by atoms with van der Waals surface area (Å²) in [7, 11) is 0. The molecule has 104 valence electrons. The normalized spacial score (nSPS) is 22.1. The van der Waals surface area contributed by atoms with E-state index in [2.05, 4.69) is 4.98 Å². The van der Waals surface area contributed by atoms with Gasteiger partial charge in [0, 0.05) is 18.9 Å². The van der Waals surface area contributed by atoms with Gasteiger partial charge in [0.2, 0.25) is 0 Å². The van der Waals surface area contributed by atoms with Crippen LogP contribution in [-0.2, 0) is 6.42 Å². The second-order valence-electron chi connectivity index (χ2n) is 5.21. The van der Waals surface area contributed by atoms with Crippen LogP contribution in [0.2, 0.25) is 0 Å². The summed E-state index contributed by atoms with van der Waals surface area (Å²) in [6.07, 6.45) is 4.34. The molecule has 1 aromatic heterocycles. The van der Waals surface area contributed by atoms with Crippen LogP contribution in [0.25, 0.3) is 0 Å². The summed E-state index contributed by atoms with van der Waals surface area (Å²) in [4.78, 5) is 17.1. The van der Waals surface area contributed by atoms with E-state index in [-0.39, 0.29) is 11.9 Å². The first-order valence-corrected chi connectivity index (χ1v) is 6.91. The zero-order valence-corrected chi connectivity index (χ0v) is 11.2. The highest BCUT2D eigenvalue weighted by Gasteiger charge is 2.36. The van der Waals surface area contributed by atoms with Crippen molar-refractivity contribution in [1.29, 1.82) is 0 Å². The maximum Gasteiger partial charge on any atom is 0.255 e. The molecule has 1 amide bonds. The molecule has 3 rings (SSSR count). The molecule has 0 aliphatic carbocycles. The van der Waals surface area contributed by atoms with Crippen LogP contribution in [0, 0.1) is 0 Å². The molecule has 4 nitrogen and oxygen atoms in total. The van der Waals surface area contributed by atoms with Gasteiger partial charge in [0.05, 0.1) is 17.7 Å². The van der Waals surface area contributed by atoms with E-state index in [1.165, 1.54) is 0 Å². The van der Waals surface area contributed by atoms with E-state index in [0.29, 0.717) is 24.9 Å². The third kappa shape index (κ3) is 2.47. The van der Waals surface area contributed by atoms with E-state index in [4.69, 9.17) is 0 Å². The number of carbonyl (C=O) groups is 1. The molecule has 0 saturated carbocycles. The van der Waals surface area contributed by atoms with E-state index >= 15 is 0 Å². The lowest BCUT2D eigenvalue weighted by atomic mass is 10.0. The molecule has 1 aromatic carbocycles. The van der Waals surface area contributed by atoms with Crippen molar-refractivity contribution in [3.05, 3.63) is 59.9 Å². The summed E-state index contributed by atoms with van der Waals surface area (Å²) >= 11 is 0. The van der Waals surface area contributed by atoms with Crippen LogP contribution >= 0.6 is 0 Å². The predicted octanol–water partition coefficient (Wildman–Crippen LogP) is 1.83. The fraction of sp³-hybridized carbons (Fsp3) is 0.312. The highest BCUT2D eigenvalue weighted by atomic mass is 16.3. The number of benzene rings is 1. The number of likely N-dealkylation sites (tertiary alicyclic amines) is 1. The lowest BCUT2D eigenvalue weighted by molar-refractivity contribution is 0.0640. The van der Waals surface area contributed by atoms with Gasteiger partial charge in [-0.05, 0) is 24.5 Å². The Morgan fingerprint density at radius 3 is 2.80 bits per heavy atom. The monoisotopic (exact) mass is 270 g/mol. The molecule has 1 aliphatic heterocycles. The minimum atomic E-state index is -0.446. The molecular formula is C16H18N2O2. The molecule has 2 atom stereocenters. The topological polar surface area (TPSA) is 56.3 Å². The molecular weight excluding hydrogens is 252 g/mol. The Morgan fingerprint density at radius 2 is 2.10 bits per heavy atom. The number of hydrogen-bond acceptors (Lipinski definition) is 2. The van der Waals surface area contributed by atoms with Crippen molar-refractivity contribution >= 4 is 5.91 Å². The average molecular weight is 270 g/mol. The first-order chi connectivity index (χ1) is 9.75. The third-order valence-electron chi connectivity index (χ3n) is 3.90. The molecule has 4 heteroatoms. The minimum Gasteiger partial charge on any atom is -0.391 e. The lowest BCUT2D eigenvalue weighted by Crippen LogP contribution is -2.41. The molecule has 0 radical (unpaired) electrons. The van der Waals surface area contributed by atoms with Crippen LogP contribution in [0.4, 0.5) is 0 Å². The number of hydrogen-bond donors (Lipinski definition) is 2. The second-order valence-corrected chi connectivity index (χ2v) is 5.21. The van der Waals surface area contributed by atoms with E-state index in [1.807, 2.05) is 30.3 Å². The predicted molar refractivity (Wildman–Crippen MR) is 76.4 cm³/mol. The smallest absolute Gasteiger partial charge is 0.255 e. The number of rotatable bonds is 3. The van der Waals surface area contributed by atoms with Crippen molar-refractivity contribution in [2.75, 3.05) is 6.54 Å². The van der Waals surface area contributed by atoms with Gasteiger partial charge in [-0.3, -0.25) is 4.79 Å². The Bertz CT molecular complexity index is 565. The number of aromatic amines is 1. The number of H-pyrrole nitrogens is 1. The number of carbonyl (C=O) groups excluding carboxylic acids is 1. The fourth-order valence-corrected chi connectivity index (χ4v) is 2.81. The summed E-state index contributed by atoms with van der Waals surface area (Å²) in [5.74, 6) is -0.0104. The first-order valence-electron chi connectivity index (χ1n) is 6.91. The number of aromatic nitrogens is 1. The van der Waals surface area contributed by atoms with Crippen LogP contribution in [0.1, 0.15) is 22.3 Å². The number of nitrogens with zero attached hydrogens (tertiary/aromatic N) is 1. The minimum absolute atomic E-state index is 0.0104. The van der Waals surface area contributed by atoms with Crippen molar-refractivity contribution in [2.24, 2.45) is 0 Å². The number of aliphatic hydroxyl groups excluding tert-OH is 1. The summed E-state index contributed by atoms with van der Waals surface area (Å²) in [5, 5.41) is 10.2. The van der Waals surface area contributed by atoms with Crippen molar-refractivity contribution in [3.63, 3.8) is 0 Å². The molecule has 2 heterocycles. The van der Waals surface area contributed by atoms with Crippen LogP contribution in [0.15, 0.2) is 48.8 Å². The van der Waals surface area contributed by atoms with Crippen LogP contribution in [-0.4, -0.2) is 39.6 Å². The van der Waals surface area contributed by atoms with Crippen LogP contribution in [0.3, 0.4) is 0 Å². The Kier molecular flexibility index (Phi) is 3.56. The molecule has 0 bridgehead atoms. The molecule has 1 fully saturated rings. The maximum absolute atomic E-state index is 12.4. The molecule has 0 spiro atoms. The highest BCUT2D eigenvalue weighted by molar-refractivity contribution is 5.94. The summed E-state index contributed by atoms with van der Waals surface area (Å²) in [6, 6.07) is 11.6. The van der Waals surface area contributed by atoms with Gasteiger partial charge in [0.25, 0.3) is 5.91 Å². The Balaban J connectivity index is 1.78. The van der Waals surface area contributed by atoms with Gasteiger partial charge in [0.1, 0.15) is 0 Å². The summed E-state index contributed by atoms with van der Waals surface area (Å²) < 4.78 is 0. The van der Waals surface area contributed by atoms with Crippen molar-refractivity contribution in [3.8, 4) is 0 Å². The number of nitrogens with one attached hydrogen (secondary N) is 1. The SMILES string of the molecule is O=C(c1cc[nH]c1)N1CC[C@H](O)[C@@H]1Cc1ccccc1. The van der Waals surface area contributed by atoms with Gasteiger partial charge in [-0.25, -0.2) is 0 Å². The average Bonchev–Trinajstić information content (AvgIpc) is 3.11. The molecule has 1 aliphatic rings. The largest absolute Gasteiger partial charge is 0.391 e. The van der Waals surface area contributed by atoms with Gasteiger partial charge >= 0.3 is 0 Å². The second kappa shape index (κ2) is 5.51. The third-order valence-corrected chi connectivity index (χ3v) is 3.90. The van der Waals surface area contributed by atoms with E-state index in [1.54, 1.807) is 23.4 Å². The van der Waals surface area contributed by atoms with E-state index in [9.17, 15) is 9.90 Å². The van der Waals surface area contributed by atoms with Gasteiger partial charge in [-0.2, -0.15) is 0 Å². The van der Waals surface area contributed by atoms with Crippen molar-refractivity contribution in [1.82, 2.24) is 9.88 Å². The summed E-state index contributed by atoms with van der Waals surface area (Å²) in [6.45, 7) is 0.614. The molecule has 2 N–H and O–H groups in total.